The molecule has 0 radical (unpaired) electrons. The van der Waals surface area contributed by atoms with Crippen LogP contribution in [-0.2, 0) is 14.3 Å². The van der Waals surface area contributed by atoms with Crippen LogP contribution in [0.4, 0.5) is 11.5 Å². The maximum absolute atomic E-state index is 12.7. The van der Waals surface area contributed by atoms with Gasteiger partial charge in [-0.15, -0.1) is 0 Å². The Labute approximate surface area is 227 Å². The van der Waals surface area contributed by atoms with E-state index in [0.29, 0.717) is 35.9 Å². The number of benzene rings is 2. The molecule has 0 aliphatic carbocycles. The van der Waals surface area contributed by atoms with Gasteiger partial charge in [-0.05, 0) is 36.4 Å². The van der Waals surface area contributed by atoms with E-state index in [-0.39, 0.29) is 11.9 Å². The van der Waals surface area contributed by atoms with Crippen LogP contribution in [0.1, 0.15) is 30.6 Å². The molecule has 2 aromatic heterocycles. The van der Waals surface area contributed by atoms with Gasteiger partial charge in [-0.1, -0.05) is 26.0 Å². The molecule has 1 amide bonds. The quantitative estimate of drug-likeness (QED) is 0.306. The third-order valence-electron chi connectivity index (χ3n) is 6.19. The van der Waals surface area contributed by atoms with E-state index >= 15 is 0 Å². The van der Waals surface area contributed by atoms with Crippen molar-refractivity contribution < 1.29 is 19.1 Å². The summed E-state index contributed by atoms with van der Waals surface area (Å²) in [5.74, 6) is 0.681. The molecule has 5 rings (SSSR count). The summed E-state index contributed by atoms with van der Waals surface area (Å²) in [6, 6.07) is 17.1. The molecule has 2 aromatic carbocycles. The SMILES string of the molecule is C=O.CC.COC(=O)CCN1CCN(c2ccc(C(=O)Nc3cc(-c4nc5ccccc5[nH]4)[nH]n3)cc2)CC1. The van der Waals surface area contributed by atoms with Gasteiger partial charge in [-0.25, -0.2) is 4.98 Å². The molecule has 4 aromatic rings. The van der Waals surface area contributed by atoms with Gasteiger partial charge in [0.05, 0.1) is 24.6 Å². The number of esters is 1. The maximum Gasteiger partial charge on any atom is 0.306 e. The second kappa shape index (κ2) is 14.4. The predicted molar refractivity (Wildman–Crippen MR) is 152 cm³/mol. The summed E-state index contributed by atoms with van der Waals surface area (Å²) in [6.45, 7) is 10.2. The lowest BCUT2D eigenvalue weighted by Crippen LogP contribution is -2.47. The number of methoxy groups -OCH3 is 1. The molecule has 1 saturated heterocycles. The number of imidazole rings is 1. The number of H-pyrrole nitrogens is 2. The van der Waals surface area contributed by atoms with Crippen LogP contribution in [-0.4, -0.2) is 83.6 Å². The Morgan fingerprint density at radius 2 is 1.72 bits per heavy atom. The van der Waals surface area contributed by atoms with Crippen LogP contribution >= 0.6 is 0 Å². The van der Waals surface area contributed by atoms with Crippen LogP contribution in [0.3, 0.4) is 0 Å². The lowest BCUT2D eigenvalue weighted by atomic mass is 10.1. The molecule has 1 aliphatic heterocycles. The van der Waals surface area contributed by atoms with Gasteiger partial charge in [0.25, 0.3) is 5.91 Å². The normalized spacial score (nSPS) is 13.1. The molecule has 39 heavy (non-hydrogen) atoms. The number of carbonyl (C=O) groups excluding carboxylic acids is 3. The highest BCUT2D eigenvalue weighted by molar-refractivity contribution is 6.04. The van der Waals surface area contributed by atoms with Crippen LogP contribution in [0.15, 0.2) is 54.6 Å². The number of carbonyl (C=O) groups is 3. The fourth-order valence-corrected chi connectivity index (χ4v) is 4.18. The van der Waals surface area contributed by atoms with Crippen molar-refractivity contribution in [2.75, 3.05) is 50.1 Å². The Morgan fingerprint density at radius 3 is 2.38 bits per heavy atom. The fourth-order valence-electron chi connectivity index (χ4n) is 4.18. The van der Waals surface area contributed by atoms with E-state index in [0.717, 1.165) is 42.9 Å². The predicted octanol–water partition coefficient (Wildman–Crippen LogP) is 3.73. The highest BCUT2D eigenvalue weighted by Crippen LogP contribution is 2.22. The number of rotatable bonds is 7. The number of piperazine rings is 1. The Bertz CT molecular complexity index is 1310. The number of nitrogens with one attached hydrogen (secondary N) is 3. The highest BCUT2D eigenvalue weighted by Gasteiger charge is 2.18. The first-order valence-corrected chi connectivity index (χ1v) is 12.8. The van der Waals surface area contributed by atoms with Gasteiger partial charge in [0.1, 0.15) is 12.5 Å². The minimum atomic E-state index is -0.230. The van der Waals surface area contributed by atoms with Gasteiger partial charge in [-0.2, -0.15) is 5.10 Å². The van der Waals surface area contributed by atoms with Crippen LogP contribution in [0.2, 0.25) is 0 Å². The fraction of sp³-hybridized carbons (Fsp3) is 0.321. The molecule has 0 unspecified atom stereocenters. The number of aromatic amines is 2. The van der Waals surface area contributed by atoms with Crippen molar-refractivity contribution in [1.29, 1.82) is 0 Å². The Balaban J connectivity index is 0.00000100. The first-order chi connectivity index (χ1) is 19.1. The van der Waals surface area contributed by atoms with Gasteiger partial charge in [0.15, 0.2) is 11.6 Å². The summed E-state index contributed by atoms with van der Waals surface area (Å²) in [7, 11) is 1.42. The average Bonchev–Trinajstić information content (AvgIpc) is 3.65. The zero-order valence-electron chi connectivity index (χ0n) is 22.6. The molecule has 0 saturated carbocycles. The monoisotopic (exact) mass is 533 g/mol. The molecule has 11 nitrogen and oxygen atoms in total. The first-order valence-electron chi connectivity index (χ1n) is 12.8. The van der Waals surface area contributed by atoms with Crippen molar-refractivity contribution in [2.45, 2.75) is 20.3 Å². The number of hydrogen-bond donors (Lipinski definition) is 3. The average molecular weight is 534 g/mol. The molecule has 1 aliphatic rings. The van der Waals surface area contributed by atoms with E-state index in [9.17, 15) is 9.59 Å². The molecule has 206 valence electrons. The summed E-state index contributed by atoms with van der Waals surface area (Å²) in [6.07, 6.45) is 0.413. The topological polar surface area (TPSA) is 136 Å². The minimum absolute atomic E-state index is 0.179. The van der Waals surface area contributed by atoms with Gasteiger partial charge in [0.2, 0.25) is 0 Å². The Hall–Kier alpha value is -4.51. The third-order valence-corrected chi connectivity index (χ3v) is 6.19. The number of anilines is 2. The van der Waals surface area contributed by atoms with E-state index in [1.165, 1.54) is 7.11 Å². The molecule has 0 spiro atoms. The smallest absolute Gasteiger partial charge is 0.306 e. The zero-order chi connectivity index (χ0) is 28.2. The number of aromatic nitrogens is 4. The molecular weight excluding hydrogens is 498 g/mol. The van der Waals surface area contributed by atoms with Crippen molar-refractivity contribution in [3.8, 4) is 11.5 Å². The van der Waals surface area contributed by atoms with Gasteiger partial charge >= 0.3 is 5.97 Å². The lowest BCUT2D eigenvalue weighted by Gasteiger charge is -2.36. The van der Waals surface area contributed by atoms with Crippen molar-refractivity contribution >= 4 is 41.2 Å². The van der Waals surface area contributed by atoms with Crippen molar-refractivity contribution in [3.05, 3.63) is 60.2 Å². The number of para-hydroxylation sites is 2. The minimum Gasteiger partial charge on any atom is -0.469 e. The molecule has 0 bridgehead atoms. The number of hydrogen-bond acceptors (Lipinski definition) is 8. The van der Waals surface area contributed by atoms with Crippen LogP contribution < -0.4 is 10.2 Å². The summed E-state index contributed by atoms with van der Waals surface area (Å²) < 4.78 is 4.71. The second-order valence-corrected chi connectivity index (χ2v) is 8.43. The van der Waals surface area contributed by atoms with E-state index in [2.05, 4.69) is 35.3 Å². The summed E-state index contributed by atoms with van der Waals surface area (Å²) in [4.78, 5) is 44.4. The van der Waals surface area contributed by atoms with Crippen molar-refractivity contribution in [2.24, 2.45) is 0 Å². The lowest BCUT2D eigenvalue weighted by molar-refractivity contribution is -0.141. The number of amides is 1. The maximum atomic E-state index is 12.7. The van der Waals surface area contributed by atoms with Crippen molar-refractivity contribution in [1.82, 2.24) is 25.1 Å². The van der Waals surface area contributed by atoms with Gasteiger partial charge in [-0.3, -0.25) is 19.6 Å². The van der Waals surface area contributed by atoms with E-state index in [1.54, 1.807) is 6.07 Å². The standard InChI is InChI=1S/C25H27N7O3.C2H6.CH2O/c1-35-23(33)10-11-31-12-14-32(15-13-31)18-8-6-17(7-9-18)25(34)28-22-16-21(29-30-22)24-26-19-4-2-3-5-20(19)27-24;2*1-2/h2-9,16H,10-15H2,1H3,(H,26,27)(H2,28,29,30,34);1-2H3;1H2. The molecule has 3 N–H and O–H groups in total. The number of fused-ring (bicyclic) bond motifs is 1. The molecule has 1 fully saturated rings. The van der Waals surface area contributed by atoms with E-state index in [4.69, 9.17) is 9.53 Å². The largest absolute Gasteiger partial charge is 0.469 e. The van der Waals surface area contributed by atoms with Crippen LogP contribution in [0, 0.1) is 0 Å². The van der Waals surface area contributed by atoms with E-state index in [1.807, 2.05) is 69.2 Å². The summed E-state index contributed by atoms with van der Waals surface area (Å²) in [5.41, 5.74) is 4.12. The number of ether oxygens (including phenoxy) is 1. The summed E-state index contributed by atoms with van der Waals surface area (Å²) in [5, 5.41) is 9.95. The third kappa shape index (κ3) is 7.51. The van der Waals surface area contributed by atoms with Crippen LogP contribution in [0.25, 0.3) is 22.6 Å². The van der Waals surface area contributed by atoms with Gasteiger partial charge in [0, 0.05) is 50.0 Å². The molecule has 0 atom stereocenters. The van der Waals surface area contributed by atoms with Gasteiger partial charge < -0.3 is 24.7 Å². The van der Waals surface area contributed by atoms with Crippen LogP contribution in [0.5, 0.6) is 0 Å². The Kier molecular flexibility index (Phi) is 10.8. The molecule has 3 heterocycles. The highest BCUT2D eigenvalue weighted by atomic mass is 16.5. The Morgan fingerprint density at radius 1 is 1.03 bits per heavy atom. The second-order valence-electron chi connectivity index (χ2n) is 8.43. The molecular formula is C28H35N7O4. The van der Waals surface area contributed by atoms with E-state index < -0.39 is 0 Å². The summed E-state index contributed by atoms with van der Waals surface area (Å²) >= 11 is 0. The van der Waals surface area contributed by atoms with Crippen molar-refractivity contribution in [3.63, 3.8) is 0 Å². The zero-order valence-corrected chi connectivity index (χ0v) is 22.6. The number of nitrogens with zero attached hydrogens (tertiary/aromatic N) is 4. The molecule has 11 heteroatoms. The first kappa shape index (κ1) is 29.1.